The quantitative estimate of drug-likeness (QED) is 0.808. The molecule has 0 atom stereocenters. The topological polar surface area (TPSA) is 57.0 Å². The number of halogens is 4. The van der Waals surface area contributed by atoms with Crippen molar-refractivity contribution in [2.75, 3.05) is 6.61 Å². The van der Waals surface area contributed by atoms with E-state index < -0.39 is 17.8 Å². The number of ether oxygens (including phenoxy) is 1. The van der Waals surface area contributed by atoms with Gasteiger partial charge in [0.2, 0.25) is 0 Å². The van der Waals surface area contributed by atoms with E-state index >= 15 is 0 Å². The van der Waals surface area contributed by atoms with E-state index in [1.807, 2.05) is 0 Å². The molecule has 2 rings (SSSR count). The minimum atomic E-state index is -4.58. The minimum Gasteiger partial charge on any atom is -0.461 e. The van der Waals surface area contributed by atoms with Crippen molar-refractivity contribution < 1.29 is 22.7 Å². The Labute approximate surface area is 128 Å². The minimum absolute atomic E-state index is 0.0373. The summed E-state index contributed by atoms with van der Waals surface area (Å²) < 4.78 is 43.9. The molecule has 22 heavy (non-hydrogen) atoms. The molecular weight excluding hydrogens is 323 g/mol. The van der Waals surface area contributed by atoms with E-state index in [4.69, 9.17) is 16.3 Å². The number of carbonyl (C=O) groups is 1. The van der Waals surface area contributed by atoms with Gasteiger partial charge in [-0.1, -0.05) is 11.6 Å². The number of hydrogen-bond donors (Lipinski definition) is 0. The van der Waals surface area contributed by atoms with Crippen LogP contribution in [0.4, 0.5) is 13.2 Å². The van der Waals surface area contributed by atoms with Crippen molar-refractivity contribution in [2.24, 2.45) is 7.05 Å². The Morgan fingerprint density at radius 1 is 1.41 bits per heavy atom. The predicted molar refractivity (Wildman–Crippen MR) is 72.4 cm³/mol. The molecule has 0 bridgehead atoms. The molecule has 0 aliphatic rings. The van der Waals surface area contributed by atoms with Gasteiger partial charge in [-0.15, -0.1) is 0 Å². The third-order valence-corrected chi connectivity index (χ3v) is 3.10. The smallest absolute Gasteiger partial charge is 0.433 e. The molecule has 2 aromatic rings. The van der Waals surface area contributed by atoms with Crippen LogP contribution in [-0.4, -0.2) is 27.3 Å². The van der Waals surface area contributed by atoms with E-state index in [2.05, 4.69) is 10.1 Å². The number of aryl methyl sites for hydroxylation is 1. The van der Waals surface area contributed by atoms with Gasteiger partial charge >= 0.3 is 12.1 Å². The number of rotatable bonds is 3. The van der Waals surface area contributed by atoms with Crippen LogP contribution in [0.15, 0.2) is 18.3 Å². The molecular formula is C13H11ClF3N3O2. The maximum atomic E-state index is 12.6. The highest BCUT2D eigenvalue weighted by molar-refractivity contribution is 6.33. The second-order valence-corrected chi connectivity index (χ2v) is 4.71. The van der Waals surface area contributed by atoms with Crippen LogP contribution in [0.3, 0.4) is 0 Å². The summed E-state index contributed by atoms with van der Waals surface area (Å²) in [6, 6.07) is 2.11. The van der Waals surface area contributed by atoms with Gasteiger partial charge in [0.05, 0.1) is 17.3 Å². The second kappa shape index (κ2) is 5.96. The van der Waals surface area contributed by atoms with Gasteiger partial charge in [0, 0.05) is 18.8 Å². The van der Waals surface area contributed by atoms with Gasteiger partial charge in [-0.05, 0) is 19.1 Å². The molecule has 0 spiro atoms. The number of esters is 1. The highest BCUT2D eigenvalue weighted by Gasteiger charge is 2.33. The van der Waals surface area contributed by atoms with Crippen molar-refractivity contribution >= 4 is 17.6 Å². The molecule has 0 saturated carbocycles. The average Bonchev–Trinajstić information content (AvgIpc) is 2.80. The molecule has 9 heteroatoms. The summed E-state index contributed by atoms with van der Waals surface area (Å²) in [5, 5.41) is 3.81. The monoisotopic (exact) mass is 333 g/mol. The van der Waals surface area contributed by atoms with E-state index in [0.717, 1.165) is 12.3 Å². The van der Waals surface area contributed by atoms with Crippen LogP contribution in [0, 0.1) is 0 Å². The van der Waals surface area contributed by atoms with E-state index in [1.165, 1.54) is 17.8 Å². The Kier molecular flexibility index (Phi) is 4.41. The number of carbonyl (C=O) groups excluding carboxylic acids is 1. The molecule has 2 aromatic heterocycles. The normalized spacial score (nSPS) is 11.5. The first-order valence-corrected chi connectivity index (χ1v) is 6.56. The summed E-state index contributed by atoms with van der Waals surface area (Å²) >= 11 is 5.89. The lowest BCUT2D eigenvalue weighted by atomic mass is 10.2. The first kappa shape index (κ1) is 16.3. The van der Waals surface area contributed by atoms with Crippen LogP contribution in [0.5, 0.6) is 0 Å². The standard InChI is InChI=1S/C13H11ClF3N3O2/c1-3-22-12(21)9-5-10(20(2)19-9)7-6-18-11(4-8(7)14)13(15,16)17/h4-6H,3H2,1-2H3. The Hall–Kier alpha value is -2.09. The number of nitrogens with zero attached hydrogens (tertiary/aromatic N) is 3. The first-order valence-electron chi connectivity index (χ1n) is 6.18. The van der Waals surface area contributed by atoms with E-state index in [0.29, 0.717) is 5.69 Å². The summed E-state index contributed by atoms with van der Waals surface area (Å²) in [6.45, 7) is 1.84. The molecule has 0 radical (unpaired) electrons. The fourth-order valence-corrected chi connectivity index (χ4v) is 2.05. The van der Waals surface area contributed by atoms with Crippen LogP contribution >= 0.6 is 11.6 Å². The summed E-state index contributed by atoms with van der Waals surface area (Å²) in [5.74, 6) is -0.625. The molecule has 0 N–H and O–H groups in total. The largest absolute Gasteiger partial charge is 0.461 e. The average molecular weight is 334 g/mol. The van der Waals surface area contributed by atoms with Gasteiger partial charge in [0.25, 0.3) is 0 Å². The predicted octanol–water partition coefficient (Wildman–Crippen LogP) is 3.33. The van der Waals surface area contributed by atoms with Crippen molar-refractivity contribution in [3.63, 3.8) is 0 Å². The zero-order valence-corrected chi connectivity index (χ0v) is 12.4. The van der Waals surface area contributed by atoms with Crippen LogP contribution < -0.4 is 0 Å². The molecule has 0 saturated heterocycles. The molecule has 118 valence electrons. The van der Waals surface area contributed by atoms with Gasteiger partial charge < -0.3 is 4.74 Å². The SMILES string of the molecule is CCOC(=O)c1cc(-c2cnc(C(F)(F)F)cc2Cl)n(C)n1. The van der Waals surface area contributed by atoms with Crippen molar-refractivity contribution in [3.05, 3.63) is 34.7 Å². The van der Waals surface area contributed by atoms with Crippen molar-refractivity contribution in [2.45, 2.75) is 13.1 Å². The summed E-state index contributed by atoms with van der Waals surface area (Å²) in [6.07, 6.45) is -3.58. The molecule has 0 fully saturated rings. The van der Waals surface area contributed by atoms with Crippen molar-refractivity contribution in [1.82, 2.24) is 14.8 Å². The van der Waals surface area contributed by atoms with Crippen LogP contribution in [0.2, 0.25) is 5.02 Å². The first-order chi connectivity index (χ1) is 10.2. The number of alkyl halides is 3. The fourth-order valence-electron chi connectivity index (χ4n) is 1.80. The Morgan fingerprint density at radius 2 is 2.09 bits per heavy atom. The number of aromatic nitrogens is 3. The van der Waals surface area contributed by atoms with Gasteiger partial charge in [-0.3, -0.25) is 9.67 Å². The Balaban J connectivity index is 2.43. The third kappa shape index (κ3) is 3.22. The lowest BCUT2D eigenvalue weighted by Crippen LogP contribution is -2.08. The maximum absolute atomic E-state index is 12.6. The molecule has 0 aliphatic heterocycles. The van der Waals surface area contributed by atoms with Crippen molar-refractivity contribution in [1.29, 1.82) is 0 Å². The van der Waals surface area contributed by atoms with Gasteiger partial charge in [-0.25, -0.2) is 4.79 Å². The fraction of sp³-hybridized carbons (Fsp3) is 0.308. The molecule has 5 nitrogen and oxygen atoms in total. The zero-order valence-electron chi connectivity index (χ0n) is 11.6. The molecule has 0 unspecified atom stereocenters. The van der Waals surface area contributed by atoms with E-state index in [1.54, 1.807) is 6.92 Å². The molecule has 0 aliphatic carbocycles. The Morgan fingerprint density at radius 3 is 2.64 bits per heavy atom. The molecule has 0 aromatic carbocycles. The van der Waals surface area contributed by atoms with Crippen LogP contribution in [0.1, 0.15) is 23.1 Å². The summed E-state index contributed by atoms with van der Waals surface area (Å²) in [7, 11) is 1.53. The van der Waals surface area contributed by atoms with Crippen LogP contribution in [0.25, 0.3) is 11.3 Å². The number of pyridine rings is 1. The summed E-state index contributed by atoms with van der Waals surface area (Å²) in [5.41, 5.74) is -0.459. The number of hydrogen-bond acceptors (Lipinski definition) is 4. The highest BCUT2D eigenvalue weighted by atomic mass is 35.5. The van der Waals surface area contributed by atoms with Gasteiger partial charge in [0.15, 0.2) is 5.69 Å². The van der Waals surface area contributed by atoms with Crippen molar-refractivity contribution in [3.8, 4) is 11.3 Å². The van der Waals surface area contributed by atoms with Gasteiger partial charge in [-0.2, -0.15) is 18.3 Å². The third-order valence-electron chi connectivity index (χ3n) is 2.78. The Bertz CT molecular complexity index is 713. The molecule has 0 amide bonds. The molecule has 2 heterocycles. The van der Waals surface area contributed by atoms with E-state index in [9.17, 15) is 18.0 Å². The lowest BCUT2D eigenvalue weighted by Gasteiger charge is -2.08. The lowest BCUT2D eigenvalue weighted by molar-refractivity contribution is -0.141. The van der Waals surface area contributed by atoms with E-state index in [-0.39, 0.29) is 22.9 Å². The zero-order chi connectivity index (χ0) is 16.5. The van der Waals surface area contributed by atoms with Crippen LogP contribution in [-0.2, 0) is 18.0 Å². The summed E-state index contributed by atoms with van der Waals surface area (Å²) in [4.78, 5) is 15.0. The second-order valence-electron chi connectivity index (χ2n) is 4.31. The maximum Gasteiger partial charge on any atom is 0.433 e. The van der Waals surface area contributed by atoms with Gasteiger partial charge in [0.1, 0.15) is 5.69 Å². The highest BCUT2D eigenvalue weighted by Crippen LogP contribution is 2.33.